The first-order valence-electron chi connectivity index (χ1n) is 8.93. The molecule has 0 aromatic rings. The van der Waals surface area contributed by atoms with Gasteiger partial charge in [0.1, 0.15) is 5.76 Å². The van der Waals surface area contributed by atoms with E-state index in [4.69, 9.17) is 9.16 Å². The summed E-state index contributed by atoms with van der Waals surface area (Å²) in [5, 5.41) is 0.171. The van der Waals surface area contributed by atoms with Crippen molar-refractivity contribution in [2.45, 2.75) is 86.5 Å². The third-order valence-corrected chi connectivity index (χ3v) is 9.10. The third-order valence-electron chi connectivity index (χ3n) is 4.60. The van der Waals surface area contributed by atoms with Gasteiger partial charge in [0.15, 0.2) is 14.1 Å². The zero-order valence-electron chi connectivity index (χ0n) is 17.7. The Kier molecular flexibility index (Phi) is 8.67. The number of ketones is 1. The maximum atomic E-state index is 12.7. The molecule has 0 radical (unpaired) electrons. The summed E-state index contributed by atoms with van der Waals surface area (Å²) >= 11 is 0. The average Bonchev–Trinajstić information content (AvgIpc) is 2.41. The van der Waals surface area contributed by atoms with E-state index in [9.17, 15) is 4.79 Å². The topological polar surface area (TPSA) is 35.5 Å². The normalized spacial score (nSPS) is 15.0. The molecule has 24 heavy (non-hydrogen) atoms. The lowest BCUT2D eigenvalue weighted by Crippen LogP contribution is -2.40. The second kappa shape index (κ2) is 9.00. The first-order chi connectivity index (χ1) is 10.7. The summed E-state index contributed by atoms with van der Waals surface area (Å²) in [5.74, 6) is 1.01. The monoisotopic (exact) mass is 354 g/mol. The molecule has 0 saturated carbocycles. The number of rotatable bonds is 8. The van der Waals surface area contributed by atoms with Crippen LogP contribution in [0.15, 0.2) is 23.0 Å². The molecule has 0 spiro atoms. The van der Waals surface area contributed by atoms with Gasteiger partial charge in [0, 0.05) is 11.5 Å². The number of carbonyl (C=O) groups excluding carboxylic acids is 1. The lowest BCUT2D eigenvalue weighted by molar-refractivity contribution is -0.112. The maximum Gasteiger partial charge on any atom is 0.192 e. The molecule has 0 aliphatic heterocycles. The van der Waals surface area contributed by atoms with Gasteiger partial charge in [-0.15, -0.1) is 0 Å². The zero-order valence-corrected chi connectivity index (χ0v) is 18.7. The Morgan fingerprint density at radius 1 is 1.08 bits per heavy atom. The molecule has 0 heterocycles. The van der Waals surface area contributed by atoms with E-state index in [1.54, 1.807) is 0 Å². The molecule has 0 aromatic carbocycles. The van der Waals surface area contributed by atoms with E-state index >= 15 is 0 Å². The van der Waals surface area contributed by atoms with E-state index in [0.29, 0.717) is 12.2 Å². The molecular formula is C20H38O3Si. The van der Waals surface area contributed by atoms with Crippen LogP contribution in [0.3, 0.4) is 0 Å². The highest BCUT2D eigenvalue weighted by Gasteiger charge is 2.36. The number of Topliss-reactive ketones (excluding diaryl/α,β-unsaturated/α-hetero) is 1. The molecule has 0 aromatic heterocycles. The van der Waals surface area contributed by atoms with E-state index in [0.717, 1.165) is 11.3 Å². The van der Waals surface area contributed by atoms with Crippen LogP contribution in [0.1, 0.15) is 62.3 Å². The summed E-state index contributed by atoms with van der Waals surface area (Å²) in [7, 11) is -1.79. The average molecular weight is 355 g/mol. The van der Waals surface area contributed by atoms with E-state index in [1.165, 1.54) is 0 Å². The Labute approximate surface area is 150 Å². The summed E-state index contributed by atoms with van der Waals surface area (Å²) in [6.45, 7) is 23.3. The van der Waals surface area contributed by atoms with Crippen molar-refractivity contribution in [3.63, 3.8) is 0 Å². The molecule has 0 fully saturated rings. The number of allylic oxidation sites excluding steroid dienone is 3. The Morgan fingerprint density at radius 3 is 1.96 bits per heavy atom. The SMILES string of the molecule is C/C(=C\CO[Si](C)(C)C(C)(C)C)C(=O)/C(C)=C(/OC(C)C)C(C)C. The van der Waals surface area contributed by atoms with Crippen LogP contribution in [0.5, 0.6) is 0 Å². The summed E-state index contributed by atoms with van der Waals surface area (Å²) in [5.41, 5.74) is 1.41. The fourth-order valence-electron chi connectivity index (χ4n) is 2.00. The van der Waals surface area contributed by atoms with Crippen LogP contribution in [0.25, 0.3) is 0 Å². The lowest BCUT2D eigenvalue weighted by atomic mass is 10.00. The molecule has 0 aliphatic carbocycles. The van der Waals surface area contributed by atoms with Gasteiger partial charge in [-0.1, -0.05) is 40.7 Å². The summed E-state index contributed by atoms with van der Waals surface area (Å²) in [6, 6.07) is 0. The molecule has 0 saturated heterocycles. The van der Waals surface area contributed by atoms with Crippen LogP contribution < -0.4 is 0 Å². The summed E-state index contributed by atoms with van der Waals surface area (Å²) in [6.07, 6.45) is 1.97. The first kappa shape index (κ1) is 23.1. The van der Waals surface area contributed by atoms with Crippen LogP contribution >= 0.6 is 0 Å². The van der Waals surface area contributed by atoms with Gasteiger partial charge in [-0.25, -0.2) is 0 Å². The highest BCUT2D eigenvalue weighted by molar-refractivity contribution is 6.74. The predicted molar refractivity (Wildman–Crippen MR) is 106 cm³/mol. The molecule has 0 aliphatic rings. The molecule has 0 amide bonds. The number of carbonyl (C=O) groups is 1. The van der Waals surface area contributed by atoms with Gasteiger partial charge >= 0.3 is 0 Å². The lowest BCUT2D eigenvalue weighted by Gasteiger charge is -2.35. The van der Waals surface area contributed by atoms with E-state index in [1.807, 2.05) is 47.6 Å². The molecule has 0 N–H and O–H groups in total. The second-order valence-corrected chi connectivity index (χ2v) is 13.4. The van der Waals surface area contributed by atoms with Gasteiger partial charge in [0.25, 0.3) is 0 Å². The van der Waals surface area contributed by atoms with Crippen molar-refractivity contribution in [3.8, 4) is 0 Å². The molecule has 0 rings (SSSR count). The summed E-state index contributed by atoms with van der Waals surface area (Å²) < 4.78 is 12.0. The van der Waals surface area contributed by atoms with Crippen LogP contribution in [0.4, 0.5) is 0 Å². The smallest absolute Gasteiger partial charge is 0.192 e. The minimum absolute atomic E-state index is 0.0400. The summed E-state index contributed by atoms with van der Waals surface area (Å²) in [4.78, 5) is 12.7. The highest BCUT2D eigenvalue weighted by Crippen LogP contribution is 2.36. The second-order valence-electron chi connectivity index (χ2n) is 8.60. The Hall–Kier alpha value is -0.873. The quantitative estimate of drug-likeness (QED) is 0.310. The minimum Gasteiger partial charge on any atom is -0.495 e. The first-order valence-corrected chi connectivity index (χ1v) is 11.8. The molecule has 0 unspecified atom stereocenters. The Bertz CT molecular complexity index is 492. The number of ether oxygens (including phenoxy) is 1. The highest BCUT2D eigenvalue weighted by atomic mass is 28.4. The molecule has 0 bridgehead atoms. The van der Waals surface area contributed by atoms with E-state index < -0.39 is 8.32 Å². The van der Waals surface area contributed by atoms with Crippen LogP contribution in [0.2, 0.25) is 18.1 Å². The van der Waals surface area contributed by atoms with Gasteiger partial charge in [0.2, 0.25) is 0 Å². The van der Waals surface area contributed by atoms with Crippen LogP contribution in [-0.2, 0) is 14.0 Å². The number of hydrogen-bond acceptors (Lipinski definition) is 3. The van der Waals surface area contributed by atoms with Gasteiger partial charge < -0.3 is 9.16 Å². The van der Waals surface area contributed by atoms with Crippen molar-refractivity contribution in [3.05, 3.63) is 23.0 Å². The molecule has 3 nitrogen and oxygen atoms in total. The van der Waals surface area contributed by atoms with E-state index in [2.05, 4.69) is 33.9 Å². The van der Waals surface area contributed by atoms with Crippen molar-refractivity contribution >= 4 is 14.1 Å². The fraction of sp³-hybridized carbons (Fsp3) is 0.750. The zero-order chi connectivity index (χ0) is 19.3. The van der Waals surface area contributed by atoms with Gasteiger partial charge in [-0.3, -0.25) is 4.79 Å². The van der Waals surface area contributed by atoms with Crippen molar-refractivity contribution in [2.24, 2.45) is 5.92 Å². The van der Waals surface area contributed by atoms with Crippen molar-refractivity contribution < 1.29 is 14.0 Å². The largest absolute Gasteiger partial charge is 0.495 e. The van der Waals surface area contributed by atoms with Crippen LogP contribution in [-0.4, -0.2) is 26.8 Å². The van der Waals surface area contributed by atoms with Gasteiger partial charge in [0.05, 0.1) is 12.7 Å². The molecule has 0 atom stereocenters. The minimum atomic E-state index is -1.79. The Morgan fingerprint density at radius 2 is 1.58 bits per heavy atom. The van der Waals surface area contributed by atoms with Crippen LogP contribution in [0, 0.1) is 5.92 Å². The standard InChI is InChI=1S/C20H38O3Si/c1-14(2)19(23-15(3)4)17(6)18(21)16(5)12-13-22-24(10,11)20(7,8)9/h12,14-15H,13H2,1-11H3/b16-12+,19-17+. The van der Waals surface area contributed by atoms with Crippen molar-refractivity contribution in [2.75, 3.05) is 6.61 Å². The predicted octanol–water partition coefficient (Wildman–Crippen LogP) is 5.88. The van der Waals surface area contributed by atoms with Crippen molar-refractivity contribution in [1.29, 1.82) is 0 Å². The maximum absolute atomic E-state index is 12.7. The van der Waals surface area contributed by atoms with Gasteiger partial charge in [-0.2, -0.15) is 0 Å². The fourth-order valence-corrected chi connectivity index (χ4v) is 2.94. The van der Waals surface area contributed by atoms with Gasteiger partial charge in [-0.05, 0) is 51.4 Å². The van der Waals surface area contributed by atoms with Crippen molar-refractivity contribution in [1.82, 2.24) is 0 Å². The molecular weight excluding hydrogens is 316 g/mol. The Balaban J connectivity index is 5.15. The molecule has 4 heteroatoms. The number of hydrogen-bond donors (Lipinski definition) is 0. The van der Waals surface area contributed by atoms with E-state index in [-0.39, 0.29) is 22.8 Å². The third kappa shape index (κ3) is 6.94. The molecule has 140 valence electrons.